The normalized spacial score (nSPS) is 11.1. The largest absolute Gasteiger partial charge is 0.327 e. The molecule has 0 fully saturated rings. The van der Waals surface area contributed by atoms with Crippen LogP contribution in [0.1, 0.15) is 42.8 Å². The van der Waals surface area contributed by atoms with Crippen molar-refractivity contribution in [1.29, 1.82) is 0 Å². The van der Waals surface area contributed by atoms with Crippen LogP contribution >= 0.6 is 0 Å². The van der Waals surface area contributed by atoms with Crippen molar-refractivity contribution in [3.8, 4) is 0 Å². The summed E-state index contributed by atoms with van der Waals surface area (Å²) in [7, 11) is 0. The van der Waals surface area contributed by atoms with Gasteiger partial charge in [-0.3, -0.25) is 0 Å². The molecule has 3 rings (SSSR count). The summed E-state index contributed by atoms with van der Waals surface area (Å²) >= 11 is 0. The van der Waals surface area contributed by atoms with Crippen molar-refractivity contribution in [2.24, 2.45) is 0 Å². The van der Waals surface area contributed by atoms with Crippen LogP contribution in [0.15, 0.2) is 65.2 Å². The van der Waals surface area contributed by atoms with E-state index in [9.17, 15) is 0 Å². The van der Waals surface area contributed by atoms with Crippen molar-refractivity contribution in [3.05, 3.63) is 77.6 Å². The topological polar surface area (TPSA) is 51.0 Å². The molecule has 112 valence electrons. The van der Waals surface area contributed by atoms with E-state index in [1.54, 1.807) is 0 Å². The van der Waals surface area contributed by atoms with Crippen LogP contribution < -0.4 is 5.32 Å². The van der Waals surface area contributed by atoms with Gasteiger partial charge in [-0.25, -0.2) is 0 Å². The molecule has 0 aliphatic carbocycles. The molecule has 0 spiro atoms. The maximum absolute atomic E-state index is 5.33. The van der Waals surface area contributed by atoms with Gasteiger partial charge in [-0.05, 0) is 11.1 Å². The molecule has 0 unspecified atom stereocenters. The first kappa shape index (κ1) is 14.3. The van der Waals surface area contributed by atoms with Crippen molar-refractivity contribution in [3.63, 3.8) is 0 Å². The van der Waals surface area contributed by atoms with Gasteiger partial charge in [-0.1, -0.05) is 79.7 Å². The molecule has 3 aromatic rings. The van der Waals surface area contributed by atoms with Gasteiger partial charge in [-0.2, -0.15) is 4.98 Å². The fourth-order valence-corrected chi connectivity index (χ4v) is 2.30. The second kappa shape index (κ2) is 6.43. The highest BCUT2D eigenvalue weighted by Crippen LogP contribution is 2.26. The number of hydrogen-bond acceptors (Lipinski definition) is 4. The number of benzene rings is 2. The Labute approximate surface area is 130 Å². The average molecular weight is 293 g/mol. The summed E-state index contributed by atoms with van der Waals surface area (Å²) in [6.45, 7) is 4.08. The minimum Gasteiger partial charge on any atom is -0.327 e. The highest BCUT2D eigenvalue weighted by Gasteiger charge is 2.17. The zero-order valence-corrected chi connectivity index (χ0v) is 12.7. The predicted molar refractivity (Wildman–Crippen MR) is 86.7 cm³/mol. The lowest BCUT2D eigenvalue weighted by Crippen LogP contribution is -2.12. The molecule has 0 aliphatic heterocycles. The predicted octanol–water partition coefficient (Wildman–Crippen LogP) is 4.39. The van der Waals surface area contributed by atoms with Gasteiger partial charge in [0, 0.05) is 5.92 Å². The first-order valence-electron chi connectivity index (χ1n) is 7.44. The van der Waals surface area contributed by atoms with E-state index >= 15 is 0 Å². The third-order valence-corrected chi connectivity index (χ3v) is 3.49. The van der Waals surface area contributed by atoms with Crippen LogP contribution in [0.3, 0.4) is 0 Å². The van der Waals surface area contributed by atoms with Crippen LogP contribution in [-0.4, -0.2) is 10.1 Å². The van der Waals surface area contributed by atoms with E-state index in [0.29, 0.717) is 11.8 Å². The molecule has 1 N–H and O–H groups in total. The van der Waals surface area contributed by atoms with Crippen molar-refractivity contribution >= 4 is 6.01 Å². The highest BCUT2D eigenvalue weighted by molar-refractivity contribution is 5.39. The standard InChI is InChI=1S/C18H19N3O/c1-13(2)17-20-18(22-21-17)19-16(14-9-5-3-6-10-14)15-11-7-4-8-12-15/h3-13,16H,1-2H3,(H,19,20,21). The van der Waals surface area contributed by atoms with E-state index in [1.165, 1.54) is 0 Å². The third-order valence-electron chi connectivity index (χ3n) is 3.49. The van der Waals surface area contributed by atoms with Gasteiger partial charge in [0.25, 0.3) is 0 Å². The molecule has 0 saturated heterocycles. The molecule has 1 aromatic heterocycles. The lowest BCUT2D eigenvalue weighted by molar-refractivity contribution is 0.417. The highest BCUT2D eigenvalue weighted by atomic mass is 16.5. The molecule has 0 atom stereocenters. The minimum absolute atomic E-state index is 0.0251. The van der Waals surface area contributed by atoms with Crippen LogP contribution in [0.2, 0.25) is 0 Å². The summed E-state index contributed by atoms with van der Waals surface area (Å²) in [6.07, 6.45) is 0. The van der Waals surface area contributed by atoms with E-state index in [2.05, 4.69) is 39.7 Å². The molecule has 22 heavy (non-hydrogen) atoms. The van der Waals surface area contributed by atoms with Crippen molar-refractivity contribution < 1.29 is 4.52 Å². The second-order valence-electron chi connectivity index (χ2n) is 5.51. The van der Waals surface area contributed by atoms with Crippen molar-refractivity contribution in [1.82, 2.24) is 10.1 Å². The molecule has 0 aliphatic rings. The Morgan fingerprint density at radius 2 is 1.41 bits per heavy atom. The van der Waals surface area contributed by atoms with E-state index in [4.69, 9.17) is 4.52 Å². The summed E-state index contributed by atoms with van der Waals surface area (Å²) in [5.74, 6) is 0.952. The number of hydrogen-bond donors (Lipinski definition) is 1. The molecule has 2 aromatic carbocycles. The van der Waals surface area contributed by atoms with E-state index in [-0.39, 0.29) is 12.0 Å². The number of aromatic nitrogens is 2. The van der Waals surface area contributed by atoms with Crippen LogP contribution in [0.4, 0.5) is 6.01 Å². The molecular weight excluding hydrogens is 274 g/mol. The van der Waals surface area contributed by atoms with Gasteiger partial charge < -0.3 is 9.84 Å². The first-order valence-corrected chi connectivity index (χ1v) is 7.44. The van der Waals surface area contributed by atoms with Crippen LogP contribution in [0, 0.1) is 0 Å². The average Bonchev–Trinajstić information content (AvgIpc) is 3.03. The Kier molecular flexibility index (Phi) is 4.19. The maximum Gasteiger partial charge on any atom is 0.322 e. The number of anilines is 1. The zero-order chi connectivity index (χ0) is 15.4. The summed E-state index contributed by atoms with van der Waals surface area (Å²) in [5, 5.41) is 7.35. The molecule has 1 heterocycles. The monoisotopic (exact) mass is 293 g/mol. The molecule has 0 radical (unpaired) electrons. The maximum atomic E-state index is 5.33. The fourth-order valence-electron chi connectivity index (χ4n) is 2.30. The van der Waals surface area contributed by atoms with Gasteiger partial charge in [0.05, 0.1) is 6.04 Å². The van der Waals surface area contributed by atoms with E-state index < -0.39 is 0 Å². The third kappa shape index (κ3) is 3.17. The van der Waals surface area contributed by atoms with Gasteiger partial charge in [0.2, 0.25) is 0 Å². The van der Waals surface area contributed by atoms with Gasteiger partial charge in [0.1, 0.15) is 0 Å². The Bertz CT molecular complexity index is 668. The number of rotatable bonds is 5. The van der Waals surface area contributed by atoms with Gasteiger partial charge in [-0.15, -0.1) is 0 Å². The molecule has 4 heteroatoms. The Morgan fingerprint density at radius 1 is 0.864 bits per heavy atom. The summed E-state index contributed by atoms with van der Waals surface area (Å²) in [4.78, 5) is 4.41. The minimum atomic E-state index is -0.0251. The van der Waals surface area contributed by atoms with E-state index in [0.717, 1.165) is 11.1 Å². The lowest BCUT2D eigenvalue weighted by Gasteiger charge is -2.18. The van der Waals surface area contributed by atoms with Gasteiger partial charge in [0.15, 0.2) is 5.82 Å². The Morgan fingerprint density at radius 3 is 1.86 bits per heavy atom. The fraction of sp³-hybridized carbons (Fsp3) is 0.222. The molecule has 4 nitrogen and oxygen atoms in total. The molecule has 0 amide bonds. The Hall–Kier alpha value is -2.62. The van der Waals surface area contributed by atoms with Gasteiger partial charge >= 0.3 is 6.01 Å². The molecule has 0 bridgehead atoms. The second-order valence-corrected chi connectivity index (χ2v) is 5.51. The number of nitrogens with one attached hydrogen (secondary N) is 1. The first-order chi connectivity index (χ1) is 10.7. The van der Waals surface area contributed by atoms with E-state index in [1.807, 2.05) is 50.2 Å². The number of nitrogens with zero attached hydrogens (tertiary/aromatic N) is 2. The summed E-state index contributed by atoms with van der Waals surface area (Å²) < 4.78 is 5.33. The van der Waals surface area contributed by atoms with Crippen LogP contribution in [0.5, 0.6) is 0 Å². The molecular formula is C18H19N3O. The van der Waals surface area contributed by atoms with Crippen molar-refractivity contribution in [2.75, 3.05) is 5.32 Å². The Balaban J connectivity index is 1.92. The SMILES string of the molecule is CC(C)c1noc(NC(c2ccccc2)c2ccccc2)n1. The quantitative estimate of drug-likeness (QED) is 0.757. The smallest absolute Gasteiger partial charge is 0.322 e. The summed E-state index contributed by atoms with van der Waals surface area (Å²) in [5.41, 5.74) is 2.30. The lowest BCUT2D eigenvalue weighted by atomic mass is 9.99. The molecule has 0 saturated carbocycles. The van der Waals surface area contributed by atoms with Crippen LogP contribution in [-0.2, 0) is 0 Å². The van der Waals surface area contributed by atoms with Crippen molar-refractivity contribution in [2.45, 2.75) is 25.8 Å². The van der Waals surface area contributed by atoms with Crippen LogP contribution in [0.25, 0.3) is 0 Å². The summed E-state index contributed by atoms with van der Waals surface area (Å²) in [6, 6.07) is 20.9. The zero-order valence-electron chi connectivity index (χ0n) is 12.7.